The summed E-state index contributed by atoms with van der Waals surface area (Å²) in [5.41, 5.74) is 3.26. The third kappa shape index (κ3) is 6.27. The Morgan fingerprint density at radius 3 is 2.55 bits per heavy atom. The number of aromatic nitrogens is 1. The van der Waals surface area contributed by atoms with Gasteiger partial charge in [-0.25, -0.2) is 4.98 Å². The minimum absolute atomic E-state index is 0.101. The number of hydrogen-bond donors (Lipinski definition) is 3. The van der Waals surface area contributed by atoms with Gasteiger partial charge >= 0.3 is 6.18 Å². The van der Waals surface area contributed by atoms with Gasteiger partial charge in [0, 0.05) is 16.0 Å². The van der Waals surface area contributed by atoms with Crippen LogP contribution in [0.1, 0.15) is 41.5 Å². The van der Waals surface area contributed by atoms with Crippen LogP contribution < -0.4 is 10.2 Å². The van der Waals surface area contributed by atoms with Crippen LogP contribution in [0, 0.1) is 5.41 Å². The number of alkyl halides is 3. The molecule has 0 radical (unpaired) electrons. The summed E-state index contributed by atoms with van der Waals surface area (Å²) in [4.78, 5) is 6.40. The van der Waals surface area contributed by atoms with Crippen LogP contribution in [0.5, 0.6) is 5.75 Å². The first-order chi connectivity index (χ1) is 15.8. The molecule has 0 aliphatic heterocycles. The van der Waals surface area contributed by atoms with E-state index in [1.165, 1.54) is 35.2 Å². The molecule has 0 saturated carbocycles. The van der Waals surface area contributed by atoms with Crippen molar-refractivity contribution >= 4 is 28.9 Å². The average Bonchev–Trinajstić information content (AvgIpc) is 3.23. The number of hydroxylamine groups is 1. The number of thiazole rings is 1. The first-order valence-corrected chi connectivity index (χ1v) is 12.3. The zero-order chi connectivity index (χ0) is 24.0. The van der Waals surface area contributed by atoms with Crippen molar-refractivity contribution in [3.8, 4) is 16.3 Å². The minimum Gasteiger partial charge on any atom is -0.488 e. The predicted molar refractivity (Wildman–Crippen MR) is 125 cm³/mol. The fourth-order valence-corrected chi connectivity index (χ4v) is 4.79. The number of amidine groups is 1. The molecule has 5 nitrogen and oxygen atoms in total. The van der Waals surface area contributed by atoms with Gasteiger partial charge in [0.05, 0.1) is 16.1 Å². The Morgan fingerprint density at radius 1 is 1.21 bits per heavy atom. The molecule has 0 aliphatic rings. The molecule has 0 amide bonds. The molecule has 0 atom stereocenters. The van der Waals surface area contributed by atoms with Crippen LogP contribution in [0.3, 0.4) is 0 Å². The maximum Gasteiger partial charge on any atom is 0.416 e. The lowest BCUT2D eigenvalue weighted by Crippen LogP contribution is -2.19. The zero-order valence-corrected chi connectivity index (χ0v) is 19.8. The van der Waals surface area contributed by atoms with Crippen molar-refractivity contribution < 1.29 is 23.1 Å². The average molecular weight is 496 g/mol. The van der Waals surface area contributed by atoms with E-state index in [0.717, 1.165) is 46.9 Å². The molecular formula is C23H24F3N3O2S2. The number of hydrogen-bond acceptors (Lipinski definition) is 6. The van der Waals surface area contributed by atoms with Gasteiger partial charge in [-0.2, -0.15) is 13.2 Å². The summed E-state index contributed by atoms with van der Waals surface area (Å²) in [7, 11) is 0. The number of halogens is 3. The second-order valence-corrected chi connectivity index (χ2v) is 9.14. The summed E-state index contributed by atoms with van der Waals surface area (Å²) in [6.07, 6.45) is 0.210. The molecule has 1 heterocycles. The number of nitrogens with zero attached hydrogens (tertiary/aromatic N) is 1. The minimum atomic E-state index is -4.37. The number of nitrogens with one attached hydrogen (secondary N) is 2. The molecular weight excluding hydrogens is 471 g/mol. The summed E-state index contributed by atoms with van der Waals surface area (Å²) in [6.45, 7) is 2.36. The Kier molecular flexibility index (Phi) is 8.39. The molecule has 0 unspecified atom stereocenters. The summed E-state index contributed by atoms with van der Waals surface area (Å²) < 4.78 is 44.6. The van der Waals surface area contributed by atoms with Crippen LogP contribution in [0.15, 0.2) is 47.4 Å². The highest BCUT2D eigenvalue weighted by atomic mass is 32.2. The van der Waals surface area contributed by atoms with Crippen molar-refractivity contribution in [3.63, 3.8) is 0 Å². The Balaban J connectivity index is 1.82. The highest BCUT2D eigenvalue weighted by Gasteiger charge is 2.30. The van der Waals surface area contributed by atoms with E-state index in [-0.39, 0.29) is 12.4 Å². The van der Waals surface area contributed by atoms with Gasteiger partial charge < -0.3 is 4.74 Å². The lowest BCUT2D eigenvalue weighted by Gasteiger charge is -2.11. The van der Waals surface area contributed by atoms with E-state index in [1.807, 2.05) is 11.7 Å². The van der Waals surface area contributed by atoms with Crippen molar-refractivity contribution in [2.75, 3.05) is 6.26 Å². The van der Waals surface area contributed by atoms with Crippen LogP contribution in [0.25, 0.3) is 10.6 Å². The van der Waals surface area contributed by atoms with Crippen molar-refractivity contribution in [2.24, 2.45) is 0 Å². The van der Waals surface area contributed by atoms with Crippen molar-refractivity contribution in [1.29, 1.82) is 5.41 Å². The monoisotopic (exact) mass is 495 g/mol. The third-order valence-corrected chi connectivity index (χ3v) is 6.83. The molecule has 3 aromatic rings. The fourth-order valence-electron chi connectivity index (χ4n) is 3.14. The summed E-state index contributed by atoms with van der Waals surface area (Å²) >= 11 is 2.85. The van der Waals surface area contributed by atoms with Crippen molar-refractivity contribution in [3.05, 3.63) is 64.2 Å². The van der Waals surface area contributed by atoms with Gasteiger partial charge in [-0.15, -0.1) is 23.1 Å². The van der Waals surface area contributed by atoms with Crippen LogP contribution in [-0.4, -0.2) is 22.3 Å². The molecule has 0 aliphatic carbocycles. The third-order valence-electron chi connectivity index (χ3n) is 4.93. The molecule has 3 N–H and O–H groups in total. The predicted octanol–water partition coefficient (Wildman–Crippen LogP) is 6.78. The van der Waals surface area contributed by atoms with Gasteiger partial charge in [0.15, 0.2) is 0 Å². The van der Waals surface area contributed by atoms with Crippen LogP contribution in [0.2, 0.25) is 0 Å². The molecule has 0 spiro atoms. The maximum absolute atomic E-state index is 12.9. The Morgan fingerprint density at radius 2 is 1.94 bits per heavy atom. The van der Waals surface area contributed by atoms with Crippen molar-refractivity contribution in [2.45, 2.75) is 43.9 Å². The molecule has 0 saturated heterocycles. The van der Waals surface area contributed by atoms with Gasteiger partial charge in [0.2, 0.25) is 0 Å². The number of thioether (sulfide) groups is 1. The number of benzene rings is 2. The quantitative estimate of drug-likeness (QED) is 0.132. The van der Waals surface area contributed by atoms with Crippen LogP contribution in [-0.2, 0) is 19.2 Å². The molecule has 0 fully saturated rings. The number of aryl methyl sites for hydroxylation is 1. The normalized spacial score (nSPS) is 11.5. The van der Waals surface area contributed by atoms with E-state index in [2.05, 4.69) is 6.92 Å². The molecule has 2 aromatic carbocycles. The second kappa shape index (κ2) is 11.0. The van der Waals surface area contributed by atoms with Gasteiger partial charge in [-0.05, 0) is 49.4 Å². The van der Waals surface area contributed by atoms with Gasteiger partial charge in [0.25, 0.3) is 0 Å². The standard InChI is InChI=1S/C23H24F3N3O2S2/c1-3-4-5-18-20(13-31-16-10-11-17(21(27)29-30)19(12-16)32-2)33-22(28-18)14-6-8-15(9-7-14)23(24,25)26/h6-12,30H,3-5,13H2,1-2H3,(H2,27,29). The molecule has 176 valence electrons. The van der Waals surface area contributed by atoms with E-state index < -0.39 is 11.7 Å². The smallest absolute Gasteiger partial charge is 0.416 e. The Bertz CT molecular complexity index is 1100. The first kappa shape index (κ1) is 25.1. The van der Waals surface area contributed by atoms with E-state index in [4.69, 9.17) is 20.3 Å². The van der Waals surface area contributed by atoms with Gasteiger partial charge in [-0.3, -0.25) is 16.1 Å². The highest BCUT2D eigenvalue weighted by Crippen LogP contribution is 2.34. The molecule has 10 heteroatoms. The first-order valence-electron chi connectivity index (χ1n) is 10.2. The van der Waals surface area contributed by atoms with E-state index in [9.17, 15) is 13.2 Å². The molecule has 1 aromatic heterocycles. The largest absolute Gasteiger partial charge is 0.488 e. The van der Waals surface area contributed by atoms with E-state index in [0.29, 0.717) is 21.9 Å². The molecule has 33 heavy (non-hydrogen) atoms. The summed E-state index contributed by atoms with van der Waals surface area (Å²) in [6, 6.07) is 10.3. The topological polar surface area (TPSA) is 78.2 Å². The lowest BCUT2D eigenvalue weighted by atomic mass is 10.1. The summed E-state index contributed by atoms with van der Waals surface area (Å²) in [5, 5.41) is 17.4. The Labute approximate surface area is 198 Å². The Hall–Kier alpha value is -2.56. The number of unbranched alkanes of at least 4 members (excludes halogenated alkanes) is 1. The van der Waals surface area contributed by atoms with Crippen molar-refractivity contribution in [1.82, 2.24) is 10.5 Å². The van der Waals surface area contributed by atoms with E-state index >= 15 is 0 Å². The number of rotatable bonds is 9. The molecule has 3 rings (SSSR count). The SMILES string of the molecule is CCCCc1nc(-c2ccc(C(F)(F)F)cc2)sc1COc1ccc(C(=N)NO)c(SC)c1. The second-order valence-electron chi connectivity index (χ2n) is 7.21. The zero-order valence-electron chi connectivity index (χ0n) is 18.1. The maximum atomic E-state index is 12.9. The lowest BCUT2D eigenvalue weighted by molar-refractivity contribution is -0.137. The van der Waals surface area contributed by atoms with Crippen LogP contribution in [0.4, 0.5) is 13.2 Å². The van der Waals surface area contributed by atoms with E-state index in [1.54, 1.807) is 18.2 Å². The summed E-state index contributed by atoms with van der Waals surface area (Å²) in [5.74, 6) is 0.510. The van der Waals surface area contributed by atoms with Gasteiger partial charge in [-0.1, -0.05) is 25.5 Å². The number of ether oxygens (including phenoxy) is 1. The van der Waals surface area contributed by atoms with Crippen LogP contribution >= 0.6 is 23.1 Å². The highest BCUT2D eigenvalue weighted by molar-refractivity contribution is 7.98. The fraction of sp³-hybridized carbons (Fsp3) is 0.304. The molecule has 0 bridgehead atoms. The van der Waals surface area contributed by atoms with Gasteiger partial charge in [0.1, 0.15) is 23.2 Å².